The molecule has 0 unspecified atom stereocenters. The molecule has 0 atom stereocenters. The Hall–Kier alpha value is -3.22. The third kappa shape index (κ3) is 3.67. The van der Waals surface area contributed by atoms with Crippen molar-refractivity contribution in [1.29, 1.82) is 0 Å². The van der Waals surface area contributed by atoms with Crippen LogP contribution in [0.2, 0.25) is 0 Å². The third-order valence-corrected chi connectivity index (χ3v) is 6.08. The zero-order chi connectivity index (χ0) is 20.7. The topological polar surface area (TPSA) is 88.9 Å². The first kappa shape index (κ1) is 18.8. The molecule has 0 spiro atoms. The second kappa shape index (κ2) is 7.55. The van der Waals surface area contributed by atoms with Crippen LogP contribution in [-0.4, -0.2) is 26.3 Å². The largest absolute Gasteiger partial charge is 0.326 e. The van der Waals surface area contributed by atoms with Crippen LogP contribution in [0.4, 0.5) is 11.4 Å². The van der Waals surface area contributed by atoms with Gasteiger partial charge >= 0.3 is 0 Å². The van der Waals surface area contributed by atoms with Gasteiger partial charge in [-0.1, -0.05) is 12.8 Å². The van der Waals surface area contributed by atoms with Crippen LogP contribution >= 0.6 is 0 Å². The number of rotatable bonds is 5. The van der Waals surface area contributed by atoms with Crippen molar-refractivity contribution in [3.05, 3.63) is 47.9 Å². The van der Waals surface area contributed by atoms with Gasteiger partial charge in [-0.15, -0.1) is 0 Å². The summed E-state index contributed by atoms with van der Waals surface area (Å²) in [6.07, 6.45) is 9.91. The van der Waals surface area contributed by atoms with Gasteiger partial charge in [0.2, 0.25) is 5.91 Å². The Balaban J connectivity index is 1.28. The highest BCUT2D eigenvalue weighted by molar-refractivity contribution is 6.05. The lowest BCUT2D eigenvalue weighted by Crippen LogP contribution is -2.20. The molecule has 2 aliphatic carbocycles. The Morgan fingerprint density at radius 1 is 1.03 bits per heavy atom. The fraction of sp³-hybridized carbons (Fsp3) is 0.391. The minimum absolute atomic E-state index is 0.0948. The van der Waals surface area contributed by atoms with Crippen LogP contribution in [0.3, 0.4) is 0 Å². The summed E-state index contributed by atoms with van der Waals surface area (Å²) >= 11 is 0. The van der Waals surface area contributed by atoms with E-state index in [9.17, 15) is 9.59 Å². The Kier molecular flexibility index (Phi) is 4.73. The van der Waals surface area contributed by atoms with Crippen molar-refractivity contribution >= 4 is 34.4 Å². The van der Waals surface area contributed by atoms with Crippen LogP contribution in [0.25, 0.3) is 11.2 Å². The molecule has 154 valence electrons. The van der Waals surface area contributed by atoms with Crippen LogP contribution in [-0.2, 0) is 4.79 Å². The highest BCUT2D eigenvalue weighted by Gasteiger charge is 2.26. The number of fused-ring (bicyclic) bond motifs is 1. The van der Waals surface area contributed by atoms with E-state index >= 15 is 0 Å². The zero-order valence-corrected chi connectivity index (χ0v) is 17.0. The van der Waals surface area contributed by atoms with Crippen LogP contribution in [0.15, 0.2) is 36.8 Å². The van der Waals surface area contributed by atoms with Crippen molar-refractivity contribution in [1.82, 2.24) is 14.5 Å². The van der Waals surface area contributed by atoms with E-state index in [1.54, 1.807) is 18.6 Å². The molecular formula is C23H25N5O2. The molecule has 7 heteroatoms. The number of amides is 2. The van der Waals surface area contributed by atoms with Gasteiger partial charge in [0.05, 0.1) is 11.9 Å². The smallest absolute Gasteiger partial charge is 0.257 e. The summed E-state index contributed by atoms with van der Waals surface area (Å²) in [6.45, 7) is 1.93. The maximum absolute atomic E-state index is 12.7. The van der Waals surface area contributed by atoms with Crippen LogP contribution in [0, 0.1) is 12.8 Å². The Bertz CT molecular complexity index is 1130. The molecule has 2 aromatic heterocycles. The summed E-state index contributed by atoms with van der Waals surface area (Å²) in [5.41, 5.74) is 4.41. The molecule has 0 bridgehead atoms. The first-order valence-corrected chi connectivity index (χ1v) is 10.6. The first-order valence-electron chi connectivity index (χ1n) is 10.6. The predicted molar refractivity (Wildman–Crippen MR) is 116 cm³/mol. The normalized spacial score (nSPS) is 16.7. The number of aryl methyl sites for hydroxylation is 1. The monoisotopic (exact) mass is 403 g/mol. The van der Waals surface area contributed by atoms with Crippen molar-refractivity contribution in [3.8, 4) is 0 Å². The number of carbonyl (C=O) groups excluding carboxylic acids is 2. The number of nitrogens with one attached hydrogen (secondary N) is 2. The van der Waals surface area contributed by atoms with Crippen molar-refractivity contribution < 1.29 is 9.59 Å². The molecule has 3 aromatic rings. The fourth-order valence-electron chi connectivity index (χ4n) is 4.17. The summed E-state index contributed by atoms with van der Waals surface area (Å²) < 4.78 is 2.08. The van der Waals surface area contributed by atoms with E-state index in [1.807, 2.05) is 25.1 Å². The molecule has 2 fully saturated rings. The van der Waals surface area contributed by atoms with Gasteiger partial charge in [0.15, 0.2) is 5.65 Å². The quantitative estimate of drug-likeness (QED) is 0.658. The second-order valence-corrected chi connectivity index (χ2v) is 8.40. The highest BCUT2D eigenvalue weighted by Crippen LogP contribution is 2.36. The molecule has 7 nitrogen and oxygen atoms in total. The fourth-order valence-corrected chi connectivity index (χ4v) is 4.17. The number of aromatic nitrogens is 3. The van der Waals surface area contributed by atoms with E-state index in [0.29, 0.717) is 17.3 Å². The number of carbonyl (C=O) groups is 2. The van der Waals surface area contributed by atoms with Gasteiger partial charge < -0.3 is 15.2 Å². The SMILES string of the molecule is Cc1cc(NC(=O)c2cnc3c(c2)ncn3C2CC2)ccc1NC(=O)C1CCCC1. The molecule has 2 amide bonds. The first-order chi connectivity index (χ1) is 14.6. The zero-order valence-electron chi connectivity index (χ0n) is 17.0. The molecule has 0 aliphatic heterocycles. The molecule has 0 radical (unpaired) electrons. The lowest BCUT2D eigenvalue weighted by Gasteiger charge is -2.14. The third-order valence-electron chi connectivity index (χ3n) is 6.08. The van der Waals surface area contributed by atoms with Gasteiger partial charge in [-0.2, -0.15) is 0 Å². The van der Waals surface area contributed by atoms with Crippen LogP contribution in [0.5, 0.6) is 0 Å². The van der Waals surface area contributed by atoms with E-state index < -0.39 is 0 Å². The summed E-state index contributed by atoms with van der Waals surface area (Å²) in [4.78, 5) is 33.9. The minimum atomic E-state index is -0.229. The number of anilines is 2. The van der Waals surface area contributed by atoms with Gasteiger partial charge in [0.1, 0.15) is 5.52 Å². The number of imidazole rings is 1. The predicted octanol–water partition coefficient (Wildman–Crippen LogP) is 4.46. The average molecular weight is 403 g/mol. The lowest BCUT2D eigenvalue weighted by atomic mass is 10.1. The maximum atomic E-state index is 12.7. The molecule has 2 N–H and O–H groups in total. The van der Waals surface area contributed by atoms with Crippen LogP contribution in [0.1, 0.15) is 60.5 Å². The van der Waals surface area contributed by atoms with Gasteiger partial charge in [-0.25, -0.2) is 9.97 Å². The van der Waals surface area contributed by atoms with E-state index in [-0.39, 0.29) is 17.7 Å². The maximum Gasteiger partial charge on any atom is 0.257 e. The number of hydrogen-bond acceptors (Lipinski definition) is 4. The number of hydrogen-bond donors (Lipinski definition) is 2. The summed E-state index contributed by atoms with van der Waals surface area (Å²) in [6, 6.07) is 7.80. The van der Waals surface area contributed by atoms with Crippen molar-refractivity contribution in [2.75, 3.05) is 10.6 Å². The molecule has 2 aliphatic rings. The Labute approximate surface area is 174 Å². The van der Waals surface area contributed by atoms with Gasteiger partial charge in [0, 0.05) is 29.5 Å². The molecule has 0 saturated heterocycles. The molecular weight excluding hydrogens is 378 g/mol. The summed E-state index contributed by atoms with van der Waals surface area (Å²) in [5.74, 6) is -0.0144. The van der Waals surface area contributed by atoms with Gasteiger partial charge in [-0.05, 0) is 62.4 Å². The molecule has 5 rings (SSSR count). The molecule has 2 heterocycles. The highest BCUT2D eigenvalue weighted by atomic mass is 16.2. The molecule has 2 saturated carbocycles. The average Bonchev–Trinajstić information content (AvgIpc) is 3.26. The van der Waals surface area contributed by atoms with Gasteiger partial charge in [0.25, 0.3) is 5.91 Å². The number of benzene rings is 1. The number of pyridine rings is 1. The molecule has 30 heavy (non-hydrogen) atoms. The van der Waals surface area contributed by atoms with E-state index in [4.69, 9.17) is 0 Å². The number of nitrogens with zero attached hydrogens (tertiary/aromatic N) is 3. The van der Waals surface area contributed by atoms with Gasteiger partial charge in [-0.3, -0.25) is 9.59 Å². The molecule has 1 aromatic carbocycles. The van der Waals surface area contributed by atoms with E-state index in [2.05, 4.69) is 25.2 Å². The van der Waals surface area contributed by atoms with E-state index in [0.717, 1.165) is 60.9 Å². The summed E-state index contributed by atoms with van der Waals surface area (Å²) in [7, 11) is 0. The lowest BCUT2D eigenvalue weighted by molar-refractivity contribution is -0.119. The van der Waals surface area contributed by atoms with Crippen molar-refractivity contribution in [2.45, 2.75) is 51.5 Å². The van der Waals surface area contributed by atoms with E-state index in [1.165, 1.54) is 0 Å². The summed E-state index contributed by atoms with van der Waals surface area (Å²) in [5, 5.41) is 5.94. The minimum Gasteiger partial charge on any atom is -0.326 e. The van der Waals surface area contributed by atoms with Crippen molar-refractivity contribution in [3.63, 3.8) is 0 Å². The Morgan fingerprint density at radius 3 is 2.57 bits per heavy atom. The van der Waals surface area contributed by atoms with Crippen LogP contribution < -0.4 is 10.6 Å². The standard InChI is InChI=1S/C23H25N5O2/c1-14-10-17(6-9-19(14)27-22(29)15-4-2-3-5-15)26-23(30)16-11-20-21(24-12-16)28(13-25-20)18-7-8-18/h6,9-13,15,18H,2-5,7-8H2,1H3,(H,26,30)(H,27,29). The Morgan fingerprint density at radius 2 is 1.83 bits per heavy atom. The second-order valence-electron chi connectivity index (χ2n) is 8.40. The van der Waals surface area contributed by atoms with Crippen molar-refractivity contribution in [2.24, 2.45) is 5.92 Å².